The number of carbonyl (C=O) groups excluding carboxylic acids is 1. The monoisotopic (exact) mass is 348 g/mol. The molecule has 0 atom stereocenters. The van der Waals surface area contributed by atoms with Crippen molar-refractivity contribution in [3.63, 3.8) is 0 Å². The third kappa shape index (κ3) is 4.11. The van der Waals surface area contributed by atoms with Crippen molar-refractivity contribution in [3.05, 3.63) is 36.0 Å². The van der Waals surface area contributed by atoms with E-state index in [0.29, 0.717) is 16.6 Å². The lowest BCUT2D eigenvalue weighted by Gasteiger charge is -2.24. The highest BCUT2D eigenvalue weighted by Gasteiger charge is 2.27. The van der Waals surface area contributed by atoms with Gasteiger partial charge in [0.2, 0.25) is 0 Å². The van der Waals surface area contributed by atoms with Crippen LogP contribution in [0.25, 0.3) is 10.4 Å². The summed E-state index contributed by atoms with van der Waals surface area (Å²) in [5.74, 6) is -1.13. The fourth-order valence-corrected chi connectivity index (χ4v) is 3.13. The quantitative estimate of drug-likeness (QED) is 0.892. The first kappa shape index (κ1) is 17.9. The molecule has 2 rings (SSSR count). The van der Waals surface area contributed by atoms with Crippen molar-refractivity contribution < 1.29 is 19.4 Å². The second-order valence-corrected chi connectivity index (χ2v) is 7.05. The Kier molecular flexibility index (Phi) is 5.23. The Hall–Kier alpha value is -2.41. The minimum Gasteiger partial charge on any atom is -0.476 e. The fourth-order valence-electron chi connectivity index (χ4n) is 2.01. The normalized spacial score (nSPS) is 11.2. The average molecular weight is 348 g/mol. The van der Waals surface area contributed by atoms with Crippen LogP contribution in [-0.4, -0.2) is 34.3 Å². The number of benzene rings is 1. The highest BCUT2D eigenvalue weighted by Crippen LogP contribution is 2.35. The number of carboxylic acid groups (broad SMARTS) is 1. The van der Waals surface area contributed by atoms with Crippen LogP contribution >= 0.6 is 11.3 Å². The minimum absolute atomic E-state index is 0.0665. The van der Waals surface area contributed by atoms with Gasteiger partial charge in [0, 0.05) is 6.54 Å². The molecule has 0 saturated carbocycles. The van der Waals surface area contributed by atoms with Gasteiger partial charge in [0.1, 0.15) is 5.60 Å². The molecule has 1 aromatic heterocycles. The van der Waals surface area contributed by atoms with Crippen molar-refractivity contribution in [2.45, 2.75) is 33.3 Å². The van der Waals surface area contributed by atoms with E-state index >= 15 is 0 Å². The Balaban J connectivity index is 2.43. The number of hydrogen-bond donors (Lipinski definition) is 1. The van der Waals surface area contributed by atoms with Crippen molar-refractivity contribution in [2.24, 2.45) is 0 Å². The number of ether oxygens (including phenoxy) is 1. The van der Waals surface area contributed by atoms with Crippen LogP contribution in [0.1, 0.15) is 38.2 Å². The predicted octanol–water partition coefficient (Wildman–Crippen LogP) is 4.27. The van der Waals surface area contributed by atoms with E-state index in [1.807, 2.05) is 30.3 Å². The molecule has 0 aliphatic heterocycles. The number of rotatable bonds is 4. The first-order valence-corrected chi connectivity index (χ1v) is 8.34. The second-order valence-electron chi connectivity index (χ2n) is 6.07. The Morgan fingerprint density at radius 3 is 2.38 bits per heavy atom. The number of carboxylic acids is 1. The van der Waals surface area contributed by atoms with E-state index in [-0.39, 0.29) is 5.69 Å². The van der Waals surface area contributed by atoms with E-state index in [4.69, 9.17) is 4.74 Å². The summed E-state index contributed by atoms with van der Waals surface area (Å²) < 4.78 is 5.37. The Bertz CT molecular complexity index is 735. The van der Waals surface area contributed by atoms with Gasteiger partial charge >= 0.3 is 12.1 Å². The molecular weight excluding hydrogens is 328 g/mol. The van der Waals surface area contributed by atoms with Crippen molar-refractivity contribution >= 4 is 28.5 Å². The molecule has 7 heteroatoms. The predicted molar refractivity (Wildman–Crippen MR) is 93.8 cm³/mol. The first-order valence-electron chi connectivity index (χ1n) is 7.53. The number of amides is 1. The lowest BCUT2D eigenvalue weighted by atomic mass is 10.1. The molecule has 2 aromatic rings. The molecular formula is C17H20N2O4S. The van der Waals surface area contributed by atoms with Gasteiger partial charge in [0.05, 0.1) is 4.88 Å². The van der Waals surface area contributed by atoms with Gasteiger partial charge in [-0.05, 0) is 33.3 Å². The molecule has 0 bridgehead atoms. The van der Waals surface area contributed by atoms with Crippen molar-refractivity contribution in [2.75, 3.05) is 11.4 Å². The Labute approximate surface area is 144 Å². The molecule has 0 aliphatic rings. The molecule has 24 heavy (non-hydrogen) atoms. The average Bonchev–Trinajstić information content (AvgIpc) is 2.92. The van der Waals surface area contributed by atoms with Crippen LogP contribution in [0.2, 0.25) is 0 Å². The third-order valence-corrected chi connectivity index (χ3v) is 4.14. The molecule has 0 spiro atoms. The largest absolute Gasteiger partial charge is 0.476 e. The summed E-state index contributed by atoms with van der Waals surface area (Å²) in [4.78, 5) is 29.9. The van der Waals surface area contributed by atoms with Crippen LogP contribution in [0.3, 0.4) is 0 Å². The minimum atomic E-state index is -1.13. The van der Waals surface area contributed by atoms with Gasteiger partial charge in [-0.3, -0.25) is 4.90 Å². The van der Waals surface area contributed by atoms with Crippen LogP contribution < -0.4 is 4.90 Å². The molecule has 128 valence electrons. The number of thiazole rings is 1. The zero-order valence-corrected chi connectivity index (χ0v) is 14.9. The van der Waals surface area contributed by atoms with Gasteiger partial charge < -0.3 is 9.84 Å². The maximum Gasteiger partial charge on any atom is 0.416 e. The molecule has 0 radical (unpaired) electrons. The topological polar surface area (TPSA) is 79.7 Å². The molecule has 1 amide bonds. The highest BCUT2D eigenvalue weighted by molar-refractivity contribution is 7.19. The smallest absolute Gasteiger partial charge is 0.416 e. The molecule has 0 fully saturated rings. The van der Waals surface area contributed by atoms with Gasteiger partial charge in [-0.25, -0.2) is 14.6 Å². The van der Waals surface area contributed by atoms with Crippen LogP contribution in [0.5, 0.6) is 0 Å². The van der Waals surface area contributed by atoms with Gasteiger partial charge in [0.15, 0.2) is 10.8 Å². The van der Waals surface area contributed by atoms with Crippen LogP contribution in [0.15, 0.2) is 30.3 Å². The van der Waals surface area contributed by atoms with E-state index in [9.17, 15) is 14.7 Å². The summed E-state index contributed by atoms with van der Waals surface area (Å²) in [6.45, 7) is 7.44. The van der Waals surface area contributed by atoms with E-state index in [1.165, 1.54) is 4.90 Å². The van der Waals surface area contributed by atoms with Gasteiger partial charge in [-0.2, -0.15) is 0 Å². The maximum atomic E-state index is 12.3. The van der Waals surface area contributed by atoms with Crippen molar-refractivity contribution in [3.8, 4) is 10.4 Å². The maximum absolute atomic E-state index is 12.3. The van der Waals surface area contributed by atoms with Gasteiger partial charge in [-0.1, -0.05) is 41.7 Å². The summed E-state index contributed by atoms with van der Waals surface area (Å²) in [6.07, 6.45) is -0.546. The summed E-state index contributed by atoms with van der Waals surface area (Å²) in [5.41, 5.74) is 0.0433. The number of nitrogens with zero attached hydrogens (tertiary/aromatic N) is 2. The van der Waals surface area contributed by atoms with E-state index < -0.39 is 17.7 Å². The summed E-state index contributed by atoms with van der Waals surface area (Å²) >= 11 is 1.16. The second kappa shape index (κ2) is 7.00. The third-order valence-electron chi connectivity index (χ3n) is 3.02. The number of aromatic carboxylic acids is 1. The van der Waals surface area contributed by atoms with Crippen molar-refractivity contribution in [1.29, 1.82) is 0 Å². The Morgan fingerprint density at radius 2 is 1.88 bits per heavy atom. The Morgan fingerprint density at radius 1 is 1.25 bits per heavy atom. The SMILES string of the molecule is CCN(C(=O)OC(C)(C)C)c1nc(C(=O)O)c(-c2ccccc2)s1. The first-order chi connectivity index (χ1) is 11.2. The number of hydrogen-bond acceptors (Lipinski definition) is 5. The molecule has 0 aliphatic carbocycles. The molecule has 0 saturated heterocycles. The van der Waals surface area contributed by atoms with Crippen molar-refractivity contribution in [1.82, 2.24) is 4.98 Å². The highest BCUT2D eigenvalue weighted by atomic mass is 32.1. The van der Waals surface area contributed by atoms with Gasteiger partial charge in [0.25, 0.3) is 0 Å². The standard InChI is InChI=1S/C17H20N2O4S/c1-5-19(16(22)23-17(2,3)4)15-18-12(14(20)21)13(24-15)11-9-7-6-8-10-11/h6-10H,5H2,1-4H3,(H,20,21). The molecule has 1 aromatic carbocycles. The fraction of sp³-hybridized carbons (Fsp3) is 0.353. The number of carbonyl (C=O) groups is 2. The molecule has 1 heterocycles. The lowest BCUT2D eigenvalue weighted by molar-refractivity contribution is 0.0580. The zero-order valence-electron chi connectivity index (χ0n) is 14.1. The zero-order chi connectivity index (χ0) is 17.9. The van der Waals surface area contributed by atoms with Crippen LogP contribution in [0, 0.1) is 0 Å². The molecule has 6 nitrogen and oxygen atoms in total. The summed E-state index contributed by atoms with van der Waals surface area (Å²) in [6, 6.07) is 9.13. The summed E-state index contributed by atoms with van der Waals surface area (Å²) in [7, 11) is 0. The number of aromatic nitrogens is 1. The van der Waals surface area contributed by atoms with E-state index in [2.05, 4.69) is 4.98 Å². The summed E-state index contributed by atoms with van der Waals surface area (Å²) in [5, 5.41) is 9.74. The van der Waals surface area contributed by atoms with Crippen LogP contribution in [-0.2, 0) is 4.74 Å². The number of anilines is 1. The van der Waals surface area contributed by atoms with Crippen LogP contribution in [0.4, 0.5) is 9.93 Å². The van der Waals surface area contributed by atoms with Gasteiger partial charge in [-0.15, -0.1) is 0 Å². The van der Waals surface area contributed by atoms with E-state index in [1.54, 1.807) is 27.7 Å². The molecule has 1 N–H and O–H groups in total. The molecule has 0 unspecified atom stereocenters. The van der Waals surface area contributed by atoms with E-state index in [0.717, 1.165) is 16.9 Å². The lowest BCUT2D eigenvalue weighted by Crippen LogP contribution is -2.36.